The minimum Gasteiger partial charge on any atom is -0.372 e. The van der Waals surface area contributed by atoms with Crippen molar-refractivity contribution >= 4 is 10.0 Å². The van der Waals surface area contributed by atoms with Crippen molar-refractivity contribution in [3.8, 4) is 0 Å². The molecular weight excluding hydrogens is 280 g/mol. The number of hydrogen-bond acceptors (Lipinski definition) is 7. The number of sulfonamides is 1. The molecule has 2 rings (SSSR count). The van der Waals surface area contributed by atoms with Crippen molar-refractivity contribution in [1.29, 1.82) is 0 Å². The Morgan fingerprint density at radius 2 is 2.11 bits per heavy atom. The van der Waals surface area contributed by atoms with Crippen LogP contribution >= 0.6 is 0 Å². The molecule has 2 heterocycles. The number of nitrogens with zero attached hydrogens (tertiary/aromatic N) is 1. The highest BCUT2D eigenvalue weighted by molar-refractivity contribution is 7.90. The molecule has 2 fully saturated rings. The highest BCUT2D eigenvalue weighted by atomic mass is 32.2. The van der Waals surface area contributed by atoms with Crippen LogP contribution in [0.1, 0.15) is 0 Å². The monoisotopic (exact) mass is 294 g/mol. The minimum absolute atomic E-state index is 0.0657. The van der Waals surface area contributed by atoms with Gasteiger partial charge in [0.1, 0.15) is 17.5 Å². The molecule has 2 saturated heterocycles. The maximum atomic E-state index is 12.0. The zero-order valence-corrected chi connectivity index (χ0v) is 10.7. The second-order valence-corrected chi connectivity index (χ2v) is 6.17. The quantitative estimate of drug-likeness (QED) is 0.373. The van der Waals surface area contributed by atoms with Gasteiger partial charge in [-0.2, -0.15) is 0 Å². The van der Waals surface area contributed by atoms with E-state index in [-0.39, 0.29) is 19.8 Å². The summed E-state index contributed by atoms with van der Waals surface area (Å²) in [6, 6.07) is 0. The van der Waals surface area contributed by atoms with Gasteiger partial charge in [0.15, 0.2) is 6.10 Å². The normalized spacial score (nSPS) is 33.9. The van der Waals surface area contributed by atoms with Crippen LogP contribution in [0.4, 0.5) is 0 Å². The van der Waals surface area contributed by atoms with Gasteiger partial charge in [-0.3, -0.25) is 0 Å². The highest BCUT2D eigenvalue weighted by Crippen LogP contribution is 2.31. The van der Waals surface area contributed by atoms with E-state index in [2.05, 4.69) is 16.1 Å². The Bertz CT molecular complexity index is 465. The van der Waals surface area contributed by atoms with Crippen LogP contribution in [0.5, 0.6) is 0 Å². The van der Waals surface area contributed by atoms with Crippen molar-refractivity contribution < 1.29 is 27.8 Å². The third-order valence-electron chi connectivity index (χ3n) is 3.01. The molecule has 0 amide bonds. The Morgan fingerprint density at radius 1 is 1.42 bits per heavy atom. The molecule has 0 aliphatic carbocycles. The average molecular weight is 294 g/mol. The summed E-state index contributed by atoms with van der Waals surface area (Å²) in [5.41, 5.74) is 0. The summed E-state index contributed by atoms with van der Waals surface area (Å²) in [7, 11) is -3.62. The largest absolute Gasteiger partial charge is 0.372 e. The molecule has 108 valence electrons. The van der Waals surface area contributed by atoms with Crippen LogP contribution in [0, 0.1) is 10.1 Å². The molecule has 4 atom stereocenters. The number of hydrogen-bond donors (Lipinski definition) is 1. The molecule has 10 heteroatoms. The van der Waals surface area contributed by atoms with Gasteiger partial charge in [0.25, 0.3) is 5.09 Å². The van der Waals surface area contributed by atoms with Gasteiger partial charge in [-0.05, 0) is 0 Å². The lowest BCUT2D eigenvalue weighted by atomic mass is 10.1. The van der Waals surface area contributed by atoms with Gasteiger partial charge in [-0.1, -0.05) is 6.08 Å². The van der Waals surface area contributed by atoms with E-state index in [1.807, 2.05) is 0 Å². The topological polar surface area (TPSA) is 117 Å². The summed E-state index contributed by atoms with van der Waals surface area (Å²) in [6.07, 6.45) is -0.971. The van der Waals surface area contributed by atoms with Crippen molar-refractivity contribution in [3.63, 3.8) is 0 Å². The molecule has 0 saturated carbocycles. The second kappa shape index (κ2) is 5.41. The third kappa shape index (κ3) is 2.86. The molecule has 1 N–H and O–H groups in total. The molecule has 0 radical (unpaired) electrons. The molecule has 2 aliphatic heterocycles. The summed E-state index contributed by atoms with van der Waals surface area (Å²) in [5, 5.41) is 8.46. The SMILES string of the molecule is C=CCNS(=O)(=O)C1COC2C(O[N+](=O)[O-])COC21. The molecule has 0 aromatic heterocycles. The van der Waals surface area contributed by atoms with E-state index in [0.717, 1.165) is 0 Å². The molecule has 0 bridgehead atoms. The van der Waals surface area contributed by atoms with Crippen molar-refractivity contribution in [2.45, 2.75) is 23.6 Å². The Hall–Kier alpha value is -1.23. The molecule has 0 aromatic rings. The van der Waals surface area contributed by atoms with Gasteiger partial charge in [-0.15, -0.1) is 16.7 Å². The fourth-order valence-electron chi connectivity index (χ4n) is 2.18. The predicted octanol–water partition coefficient (Wildman–Crippen LogP) is -1.17. The van der Waals surface area contributed by atoms with Gasteiger partial charge < -0.3 is 14.3 Å². The minimum atomic E-state index is -3.62. The van der Waals surface area contributed by atoms with Crippen molar-refractivity contribution in [2.24, 2.45) is 0 Å². The number of fused-ring (bicyclic) bond motifs is 1. The smallest absolute Gasteiger partial charge is 0.294 e. The van der Waals surface area contributed by atoms with E-state index in [1.54, 1.807) is 0 Å². The Kier molecular flexibility index (Phi) is 4.04. The van der Waals surface area contributed by atoms with Crippen LogP contribution in [-0.2, 0) is 24.3 Å². The van der Waals surface area contributed by atoms with Crippen LogP contribution in [0.3, 0.4) is 0 Å². The predicted molar refractivity (Wildman–Crippen MR) is 62.3 cm³/mol. The second-order valence-electron chi connectivity index (χ2n) is 4.18. The van der Waals surface area contributed by atoms with Gasteiger partial charge in [0.05, 0.1) is 13.2 Å². The maximum Gasteiger partial charge on any atom is 0.294 e. The fourth-order valence-corrected chi connectivity index (χ4v) is 3.59. The average Bonchev–Trinajstić information content (AvgIpc) is 2.89. The fraction of sp³-hybridized carbons (Fsp3) is 0.778. The zero-order valence-electron chi connectivity index (χ0n) is 9.93. The Labute approximate surface area is 109 Å². The van der Waals surface area contributed by atoms with Gasteiger partial charge in [0.2, 0.25) is 10.0 Å². The lowest BCUT2D eigenvalue weighted by Crippen LogP contribution is -2.43. The summed E-state index contributed by atoms with van der Waals surface area (Å²) < 4.78 is 36.8. The van der Waals surface area contributed by atoms with E-state index in [0.29, 0.717) is 0 Å². The van der Waals surface area contributed by atoms with Crippen LogP contribution in [-0.4, -0.2) is 56.8 Å². The van der Waals surface area contributed by atoms with Crippen LogP contribution in [0.2, 0.25) is 0 Å². The standard InChI is InChI=1S/C9H14N2O7S/c1-2-3-10-19(14,15)7-5-17-8-6(18-11(12)13)4-16-9(7)8/h2,6-10H,1,3-5H2. The Balaban J connectivity index is 2.05. The van der Waals surface area contributed by atoms with Crippen LogP contribution < -0.4 is 4.72 Å². The lowest BCUT2D eigenvalue weighted by molar-refractivity contribution is -0.769. The summed E-state index contributed by atoms with van der Waals surface area (Å²) in [5.74, 6) is 0. The first-order valence-corrected chi connectivity index (χ1v) is 7.14. The summed E-state index contributed by atoms with van der Waals surface area (Å²) in [6.45, 7) is 3.37. The lowest BCUT2D eigenvalue weighted by Gasteiger charge is -2.16. The summed E-state index contributed by atoms with van der Waals surface area (Å²) >= 11 is 0. The van der Waals surface area contributed by atoms with Gasteiger partial charge in [0, 0.05) is 6.54 Å². The molecule has 0 spiro atoms. The first-order chi connectivity index (χ1) is 8.95. The third-order valence-corrected chi connectivity index (χ3v) is 4.78. The van der Waals surface area contributed by atoms with Crippen molar-refractivity contribution in [1.82, 2.24) is 4.72 Å². The maximum absolute atomic E-state index is 12.0. The zero-order chi connectivity index (χ0) is 14.0. The van der Waals surface area contributed by atoms with Crippen LogP contribution in [0.15, 0.2) is 12.7 Å². The molecule has 0 aromatic carbocycles. The van der Waals surface area contributed by atoms with Crippen molar-refractivity contribution in [3.05, 3.63) is 22.8 Å². The number of nitrogens with one attached hydrogen (secondary N) is 1. The van der Waals surface area contributed by atoms with Crippen molar-refractivity contribution in [2.75, 3.05) is 19.8 Å². The molecule has 19 heavy (non-hydrogen) atoms. The molecule has 2 aliphatic rings. The number of rotatable bonds is 6. The summed E-state index contributed by atoms with van der Waals surface area (Å²) in [4.78, 5) is 14.7. The van der Waals surface area contributed by atoms with E-state index in [9.17, 15) is 18.5 Å². The molecule has 4 unspecified atom stereocenters. The molecular formula is C9H14N2O7S. The first kappa shape index (κ1) is 14.2. The van der Waals surface area contributed by atoms with Gasteiger partial charge >= 0.3 is 0 Å². The van der Waals surface area contributed by atoms with Gasteiger partial charge in [-0.25, -0.2) is 13.1 Å². The van der Waals surface area contributed by atoms with Crippen LogP contribution in [0.25, 0.3) is 0 Å². The van der Waals surface area contributed by atoms with E-state index < -0.39 is 38.7 Å². The molecule has 9 nitrogen and oxygen atoms in total. The van der Waals surface area contributed by atoms with E-state index in [1.165, 1.54) is 6.08 Å². The van der Waals surface area contributed by atoms with E-state index >= 15 is 0 Å². The van der Waals surface area contributed by atoms with E-state index in [4.69, 9.17) is 9.47 Å². The Morgan fingerprint density at radius 3 is 2.74 bits per heavy atom. The first-order valence-electron chi connectivity index (χ1n) is 5.59. The highest BCUT2D eigenvalue weighted by Gasteiger charge is 2.53. The number of ether oxygens (including phenoxy) is 2.